The van der Waals surface area contributed by atoms with E-state index in [-0.39, 0.29) is 30.2 Å². The van der Waals surface area contributed by atoms with Gasteiger partial charge in [0.25, 0.3) is 0 Å². The average Bonchev–Trinajstić information content (AvgIpc) is 2.94. The van der Waals surface area contributed by atoms with Gasteiger partial charge in [-0.05, 0) is 44.4 Å². The Morgan fingerprint density at radius 3 is 2.15 bits per heavy atom. The molecule has 0 aliphatic heterocycles. The lowest BCUT2D eigenvalue weighted by atomic mass is 10.0. The van der Waals surface area contributed by atoms with E-state index in [0.717, 1.165) is 37.1 Å². The van der Waals surface area contributed by atoms with Gasteiger partial charge >= 0.3 is 0 Å². The van der Waals surface area contributed by atoms with Crippen LogP contribution in [0.2, 0.25) is 0 Å². The second-order valence-electron chi connectivity index (χ2n) is 10.2. The van der Waals surface area contributed by atoms with Gasteiger partial charge in [0.05, 0.1) is 18.3 Å². The number of Topliss-reactive ketones (excluding diaryl/α,β-unsaturated/α-hetero) is 1. The van der Waals surface area contributed by atoms with E-state index >= 15 is 4.39 Å². The van der Waals surface area contributed by atoms with Gasteiger partial charge in [-0.2, -0.15) is 0 Å². The predicted octanol–water partition coefficient (Wildman–Crippen LogP) is 5.64. The van der Waals surface area contributed by atoms with E-state index in [9.17, 15) is 4.79 Å². The molecule has 2 aromatic rings. The van der Waals surface area contributed by atoms with Crippen LogP contribution in [0.15, 0.2) is 49.0 Å². The molecule has 222 valence electrons. The Bertz CT molecular complexity index is 1010. The zero-order chi connectivity index (χ0) is 30.7. The molecule has 0 saturated heterocycles. The molecule has 1 atom stereocenters. The molecule has 2 rings (SSSR count). The summed E-state index contributed by atoms with van der Waals surface area (Å²) in [5, 5.41) is 9.88. The molecule has 0 aromatic heterocycles. The van der Waals surface area contributed by atoms with E-state index in [1.807, 2.05) is 75.8 Å². The van der Waals surface area contributed by atoms with Crippen LogP contribution in [0, 0.1) is 5.82 Å². The molecule has 0 bridgehead atoms. The Balaban J connectivity index is 0.00000363. The van der Waals surface area contributed by atoms with Gasteiger partial charge in [0.2, 0.25) is 0 Å². The van der Waals surface area contributed by atoms with Gasteiger partial charge in [-0.15, -0.1) is 0 Å². The maximum Gasteiger partial charge on any atom is 0.169 e. The largest absolute Gasteiger partial charge is 0.383 e. The molecular formula is C32H49FN4O3. The fraction of sp³-hybridized carbons (Fsp3) is 0.469. The molecule has 0 spiro atoms. The SMILES string of the molecule is C=C(NC(Cc1ccccc1)C(=O)CNC(C)C)c1cc(NC(C)C)cc(N(C)CCCCC)c1F.C=O.C=O. The summed E-state index contributed by atoms with van der Waals surface area (Å²) in [7, 11) is 1.92. The van der Waals surface area contributed by atoms with Crippen LogP contribution in [0.25, 0.3) is 5.70 Å². The highest BCUT2D eigenvalue weighted by Gasteiger charge is 2.23. The van der Waals surface area contributed by atoms with E-state index in [2.05, 4.69) is 43.3 Å². The number of carbonyl (C=O) groups is 3. The number of ketones is 1. The minimum absolute atomic E-state index is 0.0162. The third-order valence-electron chi connectivity index (χ3n) is 6.05. The number of hydrogen-bond acceptors (Lipinski definition) is 7. The van der Waals surface area contributed by atoms with E-state index < -0.39 is 6.04 Å². The lowest BCUT2D eigenvalue weighted by molar-refractivity contribution is -0.120. The third kappa shape index (κ3) is 13.0. The van der Waals surface area contributed by atoms with Gasteiger partial charge in [-0.3, -0.25) is 4.79 Å². The average molecular weight is 557 g/mol. The van der Waals surface area contributed by atoms with Gasteiger partial charge in [-0.25, -0.2) is 4.39 Å². The van der Waals surface area contributed by atoms with Crippen molar-refractivity contribution in [1.29, 1.82) is 0 Å². The standard InChI is InChI=1S/C30H45FN4O.2CH2O/c1-8-9-13-16-35(7)28-19-25(33-22(4)5)18-26(30(28)31)23(6)34-27(29(36)20-32-21(2)3)17-24-14-11-10-12-15-24;2*1-2/h10-12,14-15,18-19,21-22,27,32-34H,6,8-9,13,16-17,20H2,1-5,7H3;2*1H2. The van der Waals surface area contributed by atoms with Crippen molar-refractivity contribution >= 4 is 36.4 Å². The maximum atomic E-state index is 15.9. The van der Waals surface area contributed by atoms with Crippen molar-refractivity contribution in [2.75, 3.05) is 30.4 Å². The number of benzene rings is 2. The van der Waals surface area contributed by atoms with E-state index in [1.165, 1.54) is 0 Å². The number of unbranched alkanes of at least 4 members (excludes halogenated alkanes) is 2. The van der Waals surface area contributed by atoms with Crippen molar-refractivity contribution in [3.63, 3.8) is 0 Å². The number of rotatable bonds is 16. The van der Waals surface area contributed by atoms with Crippen molar-refractivity contribution in [2.24, 2.45) is 0 Å². The Morgan fingerprint density at radius 2 is 1.60 bits per heavy atom. The Morgan fingerprint density at radius 1 is 0.975 bits per heavy atom. The molecule has 2 aromatic carbocycles. The summed E-state index contributed by atoms with van der Waals surface area (Å²) >= 11 is 0. The molecule has 3 N–H and O–H groups in total. The third-order valence-corrected chi connectivity index (χ3v) is 6.05. The van der Waals surface area contributed by atoms with E-state index in [0.29, 0.717) is 23.4 Å². The number of halogens is 1. The highest BCUT2D eigenvalue weighted by Crippen LogP contribution is 2.30. The van der Waals surface area contributed by atoms with Crippen LogP contribution in [0.4, 0.5) is 15.8 Å². The van der Waals surface area contributed by atoms with Crippen LogP contribution in [-0.2, 0) is 20.8 Å². The molecule has 0 amide bonds. The first-order valence-corrected chi connectivity index (χ1v) is 13.8. The van der Waals surface area contributed by atoms with Crippen LogP contribution in [0.1, 0.15) is 65.0 Å². The highest BCUT2D eigenvalue weighted by molar-refractivity contribution is 5.88. The molecule has 0 saturated carbocycles. The van der Waals surface area contributed by atoms with Gasteiger partial charge in [0.15, 0.2) is 11.6 Å². The van der Waals surface area contributed by atoms with E-state index in [4.69, 9.17) is 9.59 Å². The molecule has 1 unspecified atom stereocenters. The molecule has 0 heterocycles. The minimum atomic E-state index is -0.530. The topological polar surface area (TPSA) is 90.5 Å². The number of anilines is 2. The smallest absolute Gasteiger partial charge is 0.169 e. The summed E-state index contributed by atoms with van der Waals surface area (Å²) in [6.07, 6.45) is 3.71. The number of hydrogen-bond donors (Lipinski definition) is 3. The van der Waals surface area contributed by atoms with Gasteiger partial charge in [0, 0.05) is 42.6 Å². The van der Waals surface area contributed by atoms with Crippen molar-refractivity contribution in [3.8, 4) is 0 Å². The summed E-state index contributed by atoms with van der Waals surface area (Å²) in [5.74, 6) is -0.311. The zero-order valence-electron chi connectivity index (χ0n) is 25.2. The molecule has 40 heavy (non-hydrogen) atoms. The Hall–Kier alpha value is -3.52. The molecule has 0 aliphatic carbocycles. The van der Waals surface area contributed by atoms with Gasteiger partial charge < -0.3 is 30.4 Å². The lowest BCUT2D eigenvalue weighted by Gasteiger charge is -2.26. The van der Waals surface area contributed by atoms with Crippen molar-refractivity contribution < 1.29 is 18.8 Å². The highest BCUT2D eigenvalue weighted by atomic mass is 19.1. The first kappa shape index (κ1) is 36.5. The fourth-order valence-corrected chi connectivity index (χ4v) is 4.05. The molecule has 7 nitrogen and oxygen atoms in total. The Kier molecular flexibility index (Phi) is 18.6. The predicted molar refractivity (Wildman–Crippen MR) is 166 cm³/mol. The normalized spacial score (nSPS) is 11.0. The first-order valence-electron chi connectivity index (χ1n) is 13.8. The second-order valence-corrected chi connectivity index (χ2v) is 10.2. The summed E-state index contributed by atoms with van der Waals surface area (Å²) in [6.45, 7) is 19.5. The number of nitrogens with zero attached hydrogens (tertiary/aromatic N) is 1. The molecule has 0 fully saturated rings. The number of carbonyl (C=O) groups excluding carboxylic acids is 3. The summed E-state index contributed by atoms with van der Waals surface area (Å²) in [6, 6.07) is 13.4. The zero-order valence-corrected chi connectivity index (χ0v) is 25.2. The van der Waals surface area contributed by atoms with Crippen molar-refractivity contribution in [3.05, 3.63) is 66.0 Å². The number of nitrogens with one attached hydrogen (secondary N) is 3. The quantitative estimate of drug-likeness (QED) is 0.231. The second kappa shape index (κ2) is 20.4. The van der Waals surface area contributed by atoms with Crippen molar-refractivity contribution in [2.45, 2.75) is 78.4 Å². The van der Waals surface area contributed by atoms with Crippen LogP contribution in [-0.4, -0.2) is 57.6 Å². The fourth-order valence-electron chi connectivity index (χ4n) is 4.05. The maximum absolute atomic E-state index is 15.9. The van der Waals surface area contributed by atoms with Gasteiger partial charge in [0.1, 0.15) is 13.6 Å². The van der Waals surface area contributed by atoms with Crippen LogP contribution in [0.3, 0.4) is 0 Å². The summed E-state index contributed by atoms with van der Waals surface area (Å²) in [5.41, 5.74) is 3.17. The minimum Gasteiger partial charge on any atom is -0.383 e. The molecular weight excluding hydrogens is 507 g/mol. The summed E-state index contributed by atoms with van der Waals surface area (Å²) < 4.78 is 15.9. The van der Waals surface area contributed by atoms with Crippen LogP contribution < -0.4 is 20.9 Å². The molecule has 0 radical (unpaired) electrons. The van der Waals surface area contributed by atoms with Crippen LogP contribution in [0.5, 0.6) is 0 Å². The van der Waals surface area contributed by atoms with Crippen molar-refractivity contribution in [1.82, 2.24) is 10.6 Å². The Labute approximate surface area is 240 Å². The van der Waals surface area contributed by atoms with E-state index in [1.54, 1.807) is 6.07 Å². The van der Waals surface area contributed by atoms with Crippen LogP contribution >= 0.6 is 0 Å². The lowest BCUT2D eigenvalue weighted by Crippen LogP contribution is -2.43. The first-order chi connectivity index (χ1) is 19.1. The molecule has 0 aliphatic rings. The molecule has 8 heteroatoms. The van der Waals surface area contributed by atoms with Gasteiger partial charge in [-0.1, -0.05) is 70.5 Å². The summed E-state index contributed by atoms with van der Waals surface area (Å²) in [4.78, 5) is 31.1. The monoisotopic (exact) mass is 556 g/mol.